The number of aromatic nitrogens is 2. The summed E-state index contributed by atoms with van der Waals surface area (Å²) < 4.78 is 0. The molecule has 0 radical (unpaired) electrons. The van der Waals surface area contributed by atoms with Crippen LogP contribution < -0.4 is 11.1 Å². The van der Waals surface area contributed by atoms with Gasteiger partial charge in [-0.25, -0.2) is 9.97 Å². The molecule has 0 fully saturated rings. The minimum atomic E-state index is -0.225. The van der Waals surface area contributed by atoms with Crippen molar-refractivity contribution in [3.05, 3.63) is 34.5 Å². The molecule has 5 nitrogen and oxygen atoms in total. The van der Waals surface area contributed by atoms with Gasteiger partial charge in [-0.15, -0.1) is 11.3 Å². The zero-order chi connectivity index (χ0) is 14.9. The van der Waals surface area contributed by atoms with Gasteiger partial charge in [-0.3, -0.25) is 10.1 Å². The Kier molecular flexibility index (Phi) is 3.76. The number of nitrogens with one attached hydrogen (secondary N) is 1. The molecule has 2 rings (SSSR count). The summed E-state index contributed by atoms with van der Waals surface area (Å²) in [6, 6.07) is 3.25. The number of carbonyl (C=O) groups is 1. The van der Waals surface area contributed by atoms with Gasteiger partial charge in [0.1, 0.15) is 5.82 Å². The van der Waals surface area contributed by atoms with E-state index in [2.05, 4.69) is 36.1 Å². The van der Waals surface area contributed by atoms with E-state index in [1.54, 1.807) is 19.1 Å². The van der Waals surface area contributed by atoms with Crippen molar-refractivity contribution in [2.45, 2.75) is 33.1 Å². The van der Waals surface area contributed by atoms with Gasteiger partial charge in [0.05, 0.1) is 5.69 Å². The van der Waals surface area contributed by atoms with E-state index in [1.165, 1.54) is 11.3 Å². The topological polar surface area (TPSA) is 80.9 Å². The largest absolute Gasteiger partial charge is 0.384 e. The number of anilines is 2. The summed E-state index contributed by atoms with van der Waals surface area (Å²) in [6.45, 7) is 8.05. The molecule has 0 spiro atoms. The number of amides is 1. The van der Waals surface area contributed by atoms with Crippen molar-refractivity contribution >= 4 is 28.2 Å². The molecule has 0 aliphatic heterocycles. The van der Waals surface area contributed by atoms with Crippen molar-refractivity contribution in [1.82, 2.24) is 9.97 Å². The van der Waals surface area contributed by atoms with Gasteiger partial charge >= 0.3 is 0 Å². The maximum Gasteiger partial charge on any atom is 0.257 e. The molecule has 0 aromatic carbocycles. The molecule has 0 aliphatic carbocycles. The highest BCUT2D eigenvalue weighted by Crippen LogP contribution is 2.26. The highest BCUT2D eigenvalue weighted by molar-refractivity contribution is 7.14. The number of nitrogens with zero attached hydrogens (tertiary/aromatic N) is 2. The smallest absolute Gasteiger partial charge is 0.257 e. The Hall–Kier alpha value is -1.95. The third kappa shape index (κ3) is 3.33. The summed E-state index contributed by atoms with van der Waals surface area (Å²) in [4.78, 5) is 20.6. The lowest BCUT2D eigenvalue weighted by Gasteiger charge is -2.14. The molecule has 20 heavy (non-hydrogen) atoms. The van der Waals surface area contributed by atoms with Crippen molar-refractivity contribution in [1.29, 1.82) is 0 Å². The van der Waals surface area contributed by atoms with E-state index in [1.807, 2.05) is 5.38 Å². The van der Waals surface area contributed by atoms with Crippen LogP contribution in [0.5, 0.6) is 0 Å². The van der Waals surface area contributed by atoms with Crippen LogP contribution in [-0.4, -0.2) is 15.9 Å². The molecule has 1 amide bonds. The van der Waals surface area contributed by atoms with Crippen molar-refractivity contribution in [3.63, 3.8) is 0 Å². The van der Waals surface area contributed by atoms with Crippen LogP contribution in [0.3, 0.4) is 0 Å². The van der Waals surface area contributed by atoms with Gasteiger partial charge in [0, 0.05) is 22.1 Å². The van der Waals surface area contributed by atoms with Gasteiger partial charge in [0.2, 0.25) is 0 Å². The van der Waals surface area contributed by atoms with Crippen LogP contribution in [0.1, 0.15) is 42.5 Å². The number of rotatable bonds is 2. The van der Waals surface area contributed by atoms with E-state index in [-0.39, 0.29) is 11.3 Å². The highest BCUT2D eigenvalue weighted by Gasteiger charge is 2.18. The Bertz CT molecular complexity index is 623. The van der Waals surface area contributed by atoms with Crippen LogP contribution in [0, 0.1) is 6.92 Å². The third-order valence-corrected chi connectivity index (χ3v) is 3.49. The van der Waals surface area contributed by atoms with Crippen LogP contribution in [0.25, 0.3) is 0 Å². The monoisotopic (exact) mass is 290 g/mol. The van der Waals surface area contributed by atoms with Gasteiger partial charge in [0.15, 0.2) is 5.13 Å². The second-order valence-electron chi connectivity index (χ2n) is 5.66. The molecular weight excluding hydrogens is 272 g/mol. The second kappa shape index (κ2) is 5.20. The zero-order valence-corrected chi connectivity index (χ0v) is 12.8. The molecule has 2 heterocycles. The number of hydrogen-bond acceptors (Lipinski definition) is 5. The van der Waals surface area contributed by atoms with E-state index < -0.39 is 0 Å². The molecule has 3 N–H and O–H groups in total. The average Bonchev–Trinajstić information content (AvgIpc) is 2.75. The second-order valence-corrected chi connectivity index (χ2v) is 6.52. The first-order chi connectivity index (χ1) is 9.25. The molecule has 0 aliphatic rings. The van der Waals surface area contributed by atoms with Crippen LogP contribution in [0.15, 0.2) is 17.5 Å². The molecule has 2 aromatic heterocycles. The normalized spacial score (nSPS) is 11.4. The lowest BCUT2D eigenvalue weighted by Crippen LogP contribution is -2.15. The predicted molar refractivity (Wildman–Crippen MR) is 82.2 cm³/mol. The van der Waals surface area contributed by atoms with Gasteiger partial charge < -0.3 is 5.73 Å². The molecular formula is C14H18N4OS. The summed E-state index contributed by atoms with van der Waals surface area (Å²) in [5.41, 5.74) is 7.78. The van der Waals surface area contributed by atoms with Gasteiger partial charge in [-0.05, 0) is 19.1 Å². The lowest BCUT2D eigenvalue weighted by atomic mass is 9.93. The molecule has 0 saturated heterocycles. The minimum Gasteiger partial charge on any atom is -0.384 e. The first-order valence-electron chi connectivity index (χ1n) is 6.27. The SMILES string of the molecule is Cc1cc(C(=O)Nc2nc(C(C)(C)C)cs2)cc(N)n1. The van der Waals surface area contributed by atoms with E-state index in [0.29, 0.717) is 22.2 Å². The maximum absolute atomic E-state index is 12.1. The fourth-order valence-corrected chi connectivity index (χ4v) is 2.60. The number of carbonyl (C=O) groups excluding carboxylic acids is 1. The fraction of sp³-hybridized carbons (Fsp3) is 0.357. The number of nitrogens with two attached hydrogens (primary N) is 1. The zero-order valence-electron chi connectivity index (χ0n) is 12.0. The van der Waals surface area contributed by atoms with Gasteiger partial charge in [-0.1, -0.05) is 20.8 Å². The fourth-order valence-electron chi connectivity index (χ4n) is 1.67. The summed E-state index contributed by atoms with van der Waals surface area (Å²) in [5.74, 6) is 0.113. The Morgan fingerprint density at radius 2 is 2.00 bits per heavy atom. The van der Waals surface area contributed by atoms with Gasteiger partial charge in [-0.2, -0.15) is 0 Å². The molecule has 106 valence electrons. The summed E-state index contributed by atoms with van der Waals surface area (Å²) >= 11 is 1.42. The molecule has 2 aromatic rings. The lowest BCUT2D eigenvalue weighted by molar-refractivity contribution is 0.102. The van der Waals surface area contributed by atoms with Crippen molar-refractivity contribution in [2.75, 3.05) is 11.1 Å². The Morgan fingerprint density at radius 1 is 1.30 bits per heavy atom. The maximum atomic E-state index is 12.1. The minimum absolute atomic E-state index is 0.0306. The summed E-state index contributed by atoms with van der Waals surface area (Å²) in [5, 5.41) is 5.34. The Balaban J connectivity index is 2.17. The Labute approximate surface area is 122 Å². The third-order valence-electron chi connectivity index (χ3n) is 2.73. The van der Waals surface area contributed by atoms with Crippen LogP contribution in [0.4, 0.5) is 10.9 Å². The van der Waals surface area contributed by atoms with E-state index >= 15 is 0 Å². The van der Waals surface area contributed by atoms with E-state index in [9.17, 15) is 4.79 Å². The van der Waals surface area contributed by atoms with Gasteiger partial charge in [0.25, 0.3) is 5.91 Å². The summed E-state index contributed by atoms with van der Waals surface area (Å²) in [6.07, 6.45) is 0. The van der Waals surface area contributed by atoms with Crippen LogP contribution in [0.2, 0.25) is 0 Å². The number of hydrogen-bond donors (Lipinski definition) is 2. The standard InChI is InChI=1S/C14H18N4OS/c1-8-5-9(6-11(15)16-8)12(19)18-13-17-10(7-20-13)14(2,3)4/h5-7H,1-4H3,(H2,15,16)(H,17,18,19). The first-order valence-corrected chi connectivity index (χ1v) is 7.15. The Morgan fingerprint density at radius 3 is 2.55 bits per heavy atom. The van der Waals surface area contributed by atoms with Crippen molar-refractivity contribution in [3.8, 4) is 0 Å². The number of nitrogen functional groups attached to an aromatic ring is 1. The number of thiazole rings is 1. The quantitative estimate of drug-likeness (QED) is 0.891. The number of aryl methyl sites for hydroxylation is 1. The molecule has 0 unspecified atom stereocenters. The average molecular weight is 290 g/mol. The first kappa shape index (κ1) is 14.5. The molecule has 6 heteroatoms. The summed E-state index contributed by atoms with van der Waals surface area (Å²) in [7, 11) is 0. The van der Waals surface area contributed by atoms with Crippen LogP contribution >= 0.6 is 11.3 Å². The van der Waals surface area contributed by atoms with Crippen molar-refractivity contribution < 1.29 is 4.79 Å². The predicted octanol–water partition coefficient (Wildman–Crippen LogP) is 2.98. The molecule has 0 saturated carbocycles. The van der Waals surface area contributed by atoms with E-state index in [0.717, 1.165) is 5.69 Å². The molecule has 0 bridgehead atoms. The highest BCUT2D eigenvalue weighted by atomic mass is 32.1. The van der Waals surface area contributed by atoms with Crippen molar-refractivity contribution in [2.24, 2.45) is 0 Å². The van der Waals surface area contributed by atoms with E-state index in [4.69, 9.17) is 5.73 Å². The number of pyridine rings is 1. The van der Waals surface area contributed by atoms with Crippen LogP contribution in [-0.2, 0) is 5.41 Å². The molecule has 0 atom stereocenters.